The Bertz CT molecular complexity index is 878. The first-order chi connectivity index (χ1) is 14.6. The Morgan fingerprint density at radius 1 is 1.07 bits per heavy atom. The smallest absolute Gasteiger partial charge is 0.251 e. The van der Waals surface area contributed by atoms with Crippen molar-refractivity contribution in [3.05, 3.63) is 54.1 Å². The molecule has 3 amide bonds. The zero-order chi connectivity index (χ0) is 21.3. The molecule has 1 aliphatic heterocycles. The van der Waals surface area contributed by atoms with Crippen LogP contribution in [0.4, 0.5) is 11.4 Å². The Labute approximate surface area is 176 Å². The minimum atomic E-state index is -0.326. The fraction of sp³-hybridized carbons (Fsp3) is 0.348. The molecule has 0 unspecified atom stereocenters. The van der Waals surface area contributed by atoms with Gasteiger partial charge in [-0.1, -0.05) is 13.3 Å². The van der Waals surface area contributed by atoms with E-state index in [9.17, 15) is 14.4 Å². The summed E-state index contributed by atoms with van der Waals surface area (Å²) in [7, 11) is 0. The molecule has 30 heavy (non-hydrogen) atoms. The lowest BCUT2D eigenvalue weighted by molar-refractivity contribution is -0.117. The summed E-state index contributed by atoms with van der Waals surface area (Å²) < 4.78 is 5.57. The van der Waals surface area contributed by atoms with Gasteiger partial charge in [-0.2, -0.15) is 0 Å². The summed E-state index contributed by atoms with van der Waals surface area (Å²) in [6, 6.07) is 14.0. The van der Waals surface area contributed by atoms with Gasteiger partial charge in [0.25, 0.3) is 5.91 Å². The van der Waals surface area contributed by atoms with Gasteiger partial charge in [-0.15, -0.1) is 0 Å². The van der Waals surface area contributed by atoms with Gasteiger partial charge in [0.1, 0.15) is 5.75 Å². The number of anilines is 2. The Hall–Kier alpha value is -3.35. The van der Waals surface area contributed by atoms with Crippen molar-refractivity contribution < 1.29 is 19.1 Å². The maximum absolute atomic E-state index is 12.2. The van der Waals surface area contributed by atoms with Crippen molar-refractivity contribution in [2.75, 3.05) is 29.9 Å². The van der Waals surface area contributed by atoms with Crippen LogP contribution >= 0.6 is 0 Å². The summed E-state index contributed by atoms with van der Waals surface area (Å²) in [5, 5.41) is 5.35. The summed E-state index contributed by atoms with van der Waals surface area (Å²) in [6.45, 7) is 3.33. The number of carbonyl (C=O) groups is 3. The van der Waals surface area contributed by atoms with Crippen molar-refractivity contribution in [1.29, 1.82) is 0 Å². The first-order valence-electron chi connectivity index (χ1n) is 10.3. The SMILES string of the molecule is CCCCOc1ccc(C(=O)NCC(=O)Nc2ccc(N3CCCC3=O)cc2)cc1. The lowest BCUT2D eigenvalue weighted by Crippen LogP contribution is -2.32. The molecule has 2 aromatic rings. The average Bonchev–Trinajstić information content (AvgIpc) is 3.19. The number of amides is 3. The molecule has 0 saturated carbocycles. The molecule has 3 rings (SSSR count). The van der Waals surface area contributed by atoms with Gasteiger partial charge < -0.3 is 20.3 Å². The van der Waals surface area contributed by atoms with Gasteiger partial charge in [0.2, 0.25) is 11.8 Å². The molecule has 2 N–H and O–H groups in total. The van der Waals surface area contributed by atoms with E-state index in [1.165, 1.54) is 0 Å². The van der Waals surface area contributed by atoms with E-state index in [2.05, 4.69) is 17.6 Å². The second-order valence-corrected chi connectivity index (χ2v) is 7.15. The molecule has 0 aromatic heterocycles. The molecule has 7 heteroatoms. The highest BCUT2D eigenvalue weighted by molar-refractivity contribution is 5.99. The van der Waals surface area contributed by atoms with Crippen LogP contribution < -0.4 is 20.3 Å². The molecule has 1 saturated heterocycles. The van der Waals surface area contributed by atoms with E-state index in [4.69, 9.17) is 4.74 Å². The normalized spacial score (nSPS) is 13.2. The molecule has 1 aliphatic rings. The molecular weight excluding hydrogens is 382 g/mol. The van der Waals surface area contributed by atoms with E-state index in [1.54, 1.807) is 41.3 Å². The first kappa shape index (κ1) is 21.4. The topological polar surface area (TPSA) is 87.7 Å². The molecule has 2 aromatic carbocycles. The van der Waals surface area contributed by atoms with Crippen LogP contribution in [0.15, 0.2) is 48.5 Å². The minimum absolute atomic E-state index is 0.120. The van der Waals surface area contributed by atoms with Gasteiger partial charge in [0.05, 0.1) is 13.2 Å². The molecule has 0 radical (unpaired) electrons. The van der Waals surface area contributed by atoms with Gasteiger partial charge in [-0.25, -0.2) is 0 Å². The summed E-state index contributed by atoms with van der Waals surface area (Å²) >= 11 is 0. The van der Waals surface area contributed by atoms with E-state index in [0.717, 1.165) is 37.2 Å². The number of ether oxygens (including phenoxy) is 1. The van der Waals surface area contributed by atoms with Crippen LogP contribution in [0.2, 0.25) is 0 Å². The number of nitrogens with zero attached hydrogens (tertiary/aromatic N) is 1. The maximum Gasteiger partial charge on any atom is 0.251 e. The Morgan fingerprint density at radius 2 is 1.80 bits per heavy atom. The lowest BCUT2D eigenvalue weighted by atomic mass is 10.2. The predicted molar refractivity (Wildman–Crippen MR) is 116 cm³/mol. The van der Waals surface area contributed by atoms with Crippen LogP contribution in [0.5, 0.6) is 5.75 Å². The van der Waals surface area contributed by atoms with Crippen molar-refractivity contribution in [2.45, 2.75) is 32.6 Å². The zero-order valence-corrected chi connectivity index (χ0v) is 17.1. The van der Waals surface area contributed by atoms with Crippen molar-refractivity contribution in [3.63, 3.8) is 0 Å². The third-order valence-corrected chi connectivity index (χ3v) is 4.83. The summed E-state index contributed by atoms with van der Waals surface area (Å²) in [4.78, 5) is 37.9. The van der Waals surface area contributed by atoms with Gasteiger partial charge >= 0.3 is 0 Å². The number of hydrogen-bond acceptors (Lipinski definition) is 4. The fourth-order valence-corrected chi connectivity index (χ4v) is 3.15. The zero-order valence-electron chi connectivity index (χ0n) is 17.1. The molecule has 7 nitrogen and oxygen atoms in total. The average molecular weight is 409 g/mol. The highest BCUT2D eigenvalue weighted by Gasteiger charge is 2.21. The second-order valence-electron chi connectivity index (χ2n) is 7.15. The van der Waals surface area contributed by atoms with Crippen LogP contribution in [-0.4, -0.2) is 37.4 Å². The van der Waals surface area contributed by atoms with Crippen LogP contribution in [0.25, 0.3) is 0 Å². The lowest BCUT2D eigenvalue weighted by Gasteiger charge is -2.16. The third kappa shape index (κ3) is 5.83. The highest BCUT2D eigenvalue weighted by Crippen LogP contribution is 2.23. The van der Waals surface area contributed by atoms with Crippen LogP contribution in [-0.2, 0) is 9.59 Å². The minimum Gasteiger partial charge on any atom is -0.494 e. The number of rotatable bonds is 9. The van der Waals surface area contributed by atoms with Gasteiger partial charge in [-0.05, 0) is 61.4 Å². The molecule has 0 bridgehead atoms. The Kier molecular flexibility index (Phi) is 7.43. The molecule has 0 atom stereocenters. The molecular formula is C23H27N3O4. The molecule has 1 heterocycles. The van der Waals surface area contributed by atoms with E-state index >= 15 is 0 Å². The van der Waals surface area contributed by atoms with Gasteiger partial charge in [0, 0.05) is 29.9 Å². The van der Waals surface area contributed by atoms with Crippen molar-refractivity contribution in [1.82, 2.24) is 5.32 Å². The number of unbranched alkanes of at least 4 members (excludes halogenated alkanes) is 1. The summed E-state index contributed by atoms with van der Waals surface area (Å²) in [5.41, 5.74) is 1.90. The van der Waals surface area contributed by atoms with Gasteiger partial charge in [-0.3, -0.25) is 14.4 Å². The van der Waals surface area contributed by atoms with Crippen molar-refractivity contribution in [3.8, 4) is 5.75 Å². The Morgan fingerprint density at radius 3 is 2.43 bits per heavy atom. The summed E-state index contributed by atoms with van der Waals surface area (Å²) in [6.07, 6.45) is 3.49. The van der Waals surface area contributed by atoms with Crippen LogP contribution in [0.1, 0.15) is 43.0 Å². The maximum atomic E-state index is 12.2. The van der Waals surface area contributed by atoms with Crippen LogP contribution in [0, 0.1) is 0 Å². The van der Waals surface area contributed by atoms with Crippen LogP contribution in [0.3, 0.4) is 0 Å². The molecule has 158 valence electrons. The van der Waals surface area contributed by atoms with E-state index in [1.807, 2.05) is 12.1 Å². The number of carbonyl (C=O) groups excluding carboxylic acids is 3. The second kappa shape index (κ2) is 10.4. The monoisotopic (exact) mass is 409 g/mol. The van der Waals surface area contributed by atoms with E-state index < -0.39 is 0 Å². The molecule has 1 fully saturated rings. The predicted octanol–water partition coefficient (Wildman–Crippen LogP) is 3.36. The fourth-order valence-electron chi connectivity index (χ4n) is 3.15. The van der Waals surface area contributed by atoms with Gasteiger partial charge in [0.15, 0.2) is 0 Å². The number of nitrogens with one attached hydrogen (secondary N) is 2. The van der Waals surface area contributed by atoms with E-state index in [0.29, 0.717) is 24.3 Å². The first-order valence-corrected chi connectivity index (χ1v) is 10.3. The van der Waals surface area contributed by atoms with Crippen molar-refractivity contribution >= 4 is 29.1 Å². The Balaban J connectivity index is 1.44. The molecule has 0 spiro atoms. The highest BCUT2D eigenvalue weighted by atomic mass is 16.5. The van der Waals surface area contributed by atoms with E-state index in [-0.39, 0.29) is 24.3 Å². The standard InChI is InChI=1S/C23H27N3O4/c1-2-3-15-30-20-12-6-17(7-13-20)23(29)24-16-21(27)25-18-8-10-19(11-9-18)26-14-4-5-22(26)28/h6-13H,2-5,14-16H2,1H3,(H,24,29)(H,25,27). The molecule has 0 aliphatic carbocycles. The largest absolute Gasteiger partial charge is 0.494 e. The number of benzene rings is 2. The summed E-state index contributed by atoms with van der Waals surface area (Å²) in [5.74, 6) is 0.188. The third-order valence-electron chi connectivity index (χ3n) is 4.83. The quantitative estimate of drug-likeness (QED) is 0.622. The van der Waals surface area contributed by atoms with Crippen molar-refractivity contribution in [2.24, 2.45) is 0 Å². The number of hydrogen-bond donors (Lipinski definition) is 2.